The van der Waals surface area contributed by atoms with Gasteiger partial charge in [0.1, 0.15) is 12.6 Å². The number of carbonyl (C=O) groups excluding carboxylic acids is 3. The number of nitrogens with one attached hydrogen (secondary N) is 1. The Hall–Kier alpha value is -5.65. The van der Waals surface area contributed by atoms with Crippen LogP contribution in [-0.4, -0.2) is 58.6 Å². The smallest absolute Gasteiger partial charge is 0.408 e. The number of nitrogens with zero attached hydrogens (tertiary/aromatic N) is 2. The molecule has 0 saturated carbocycles. The molecular formula is C47H49N3O7. The SMILES string of the molecule is CC1C(CN(C)C(C)c2ccccc2)OC(c2ccc(-c3cccc(CN4C(=O)CC(NC(=O)OCc5ccccc5)C4=O)c3)cc2)OC1c1ccc(CO)cc1. The van der Waals surface area contributed by atoms with E-state index < -0.39 is 24.3 Å². The molecule has 6 atom stereocenters. The zero-order valence-corrected chi connectivity index (χ0v) is 32.5. The summed E-state index contributed by atoms with van der Waals surface area (Å²) in [5, 5.41) is 12.2. The zero-order valence-electron chi connectivity index (χ0n) is 32.5. The van der Waals surface area contributed by atoms with Gasteiger partial charge in [0.2, 0.25) is 5.91 Å². The number of amides is 3. The standard InChI is InChI=1S/C47H49N3O7/c1-31-42(28-49(3)32(2)36-14-8-5-9-15-36)56-46(57-44(31)38-19-17-33(29-51)18-20-38)39-23-21-37(22-24-39)40-16-10-13-35(25-40)27-50-43(52)26-41(45(50)53)48-47(54)55-30-34-11-6-4-7-12-34/h4-25,31-32,41-42,44,46,51H,26-30H2,1-3H3,(H,48,54). The molecule has 2 heterocycles. The normalized spacial score (nSPS) is 21.4. The Bertz CT molecular complexity index is 2130. The number of aliphatic hydroxyl groups excluding tert-OH is 1. The van der Waals surface area contributed by atoms with Crippen LogP contribution in [0.2, 0.25) is 0 Å². The Kier molecular flexibility index (Phi) is 12.6. The highest BCUT2D eigenvalue weighted by molar-refractivity contribution is 6.06. The second-order valence-corrected chi connectivity index (χ2v) is 15.0. The van der Waals surface area contributed by atoms with Gasteiger partial charge in [0.15, 0.2) is 6.29 Å². The molecule has 5 aromatic carbocycles. The summed E-state index contributed by atoms with van der Waals surface area (Å²) in [7, 11) is 2.13. The van der Waals surface area contributed by atoms with Crippen molar-refractivity contribution in [2.45, 2.75) is 70.6 Å². The Labute approximate surface area is 334 Å². The van der Waals surface area contributed by atoms with Gasteiger partial charge in [-0.05, 0) is 59.0 Å². The van der Waals surface area contributed by atoms with E-state index in [1.54, 1.807) is 0 Å². The molecule has 2 N–H and O–H groups in total. The van der Waals surface area contributed by atoms with Crippen molar-refractivity contribution in [2.24, 2.45) is 5.92 Å². The van der Waals surface area contributed by atoms with Crippen molar-refractivity contribution < 1.29 is 33.7 Å². The molecule has 2 aliphatic heterocycles. The van der Waals surface area contributed by atoms with Crippen molar-refractivity contribution in [3.8, 4) is 11.1 Å². The third kappa shape index (κ3) is 9.49. The average Bonchev–Trinajstić information content (AvgIpc) is 3.51. The molecule has 10 heteroatoms. The summed E-state index contributed by atoms with van der Waals surface area (Å²) in [5.41, 5.74) is 7.48. The van der Waals surface area contributed by atoms with Crippen molar-refractivity contribution in [3.05, 3.63) is 167 Å². The van der Waals surface area contributed by atoms with Crippen LogP contribution in [0.3, 0.4) is 0 Å². The van der Waals surface area contributed by atoms with Crippen molar-refractivity contribution in [1.29, 1.82) is 0 Å². The van der Waals surface area contributed by atoms with E-state index >= 15 is 0 Å². The van der Waals surface area contributed by atoms with Crippen LogP contribution in [0.5, 0.6) is 0 Å². The molecule has 0 radical (unpaired) electrons. The number of aliphatic hydroxyl groups is 1. The molecule has 294 valence electrons. The molecule has 7 rings (SSSR count). The summed E-state index contributed by atoms with van der Waals surface area (Å²) in [6.07, 6.45) is -1.85. The molecule has 0 bridgehead atoms. The van der Waals surface area contributed by atoms with Crippen LogP contribution in [0.25, 0.3) is 11.1 Å². The second-order valence-electron chi connectivity index (χ2n) is 15.0. The number of rotatable bonds is 13. The number of ether oxygens (including phenoxy) is 3. The highest BCUT2D eigenvalue weighted by Crippen LogP contribution is 2.42. The van der Waals surface area contributed by atoms with Gasteiger partial charge in [0, 0.05) is 24.1 Å². The summed E-state index contributed by atoms with van der Waals surface area (Å²) in [4.78, 5) is 42.1. The molecule has 5 aromatic rings. The fourth-order valence-corrected chi connectivity index (χ4v) is 7.49. The van der Waals surface area contributed by atoms with Gasteiger partial charge in [-0.3, -0.25) is 19.4 Å². The zero-order chi connectivity index (χ0) is 39.9. The highest BCUT2D eigenvalue weighted by Gasteiger charge is 2.41. The first-order valence-electron chi connectivity index (χ1n) is 19.4. The minimum atomic E-state index is -0.976. The fourth-order valence-electron chi connectivity index (χ4n) is 7.49. The largest absolute Gasteiger partial charge is 0.445 e. The van der Waals surface area contributed by atoms with Gasteiger partial charge in [0.05, 0.1) is 31.8 Å². The van der Waals surface area contributed by atoms with E-state index in [9.17, 15) is 19.5 Å². The molecule has 6 unspecified atom stereocenters. The maximum absolute atomic E-state index is 13.2. The first kappa shape index (κ1) is 39.6. The lowest BCUT2D eigenvalue weighted by Gasteiger charge is -2.43. The van der Waals surface area contributed by atoms with Crippen LogP contribution in [0, 0.1) is 5.92 Å². The highest BCUT2D eigenvalue weighted by atomic mass is 16.7. The van der Waals surface area contributed by atoms with E-state index in [4.69, 9.17) is 14.2 Å². The van der Waals surface area contributed by atoms with E-state index in [2.05, 4.69) is 55.4 Å². The molecule has 0 aromatic heterocycles. The minimum Gasteiger partial charge on any atom is -0.445 e. The van der Waals surface area contributed by atoms with E-state index in [-0.39, 0.29) is 56.3 Å². The number of likely N-dealkylation sites (N-methyl/N-ethyl adjacent to an activating group) is 1. The maximum Gasteiger partial charge on any atom is 0.408 e. The molecule has 2 aliphatic rings. The number of benzene rings is 5. The number of imide groups is 1. The Morgan fingerprint density at radius 1 is 0.825 bits per heavy atom. The van der Waals surface area contributed by atoms with Crippen molar-refractivity contribution in [3.63, 3.8) is 0 Å². The summed E-state index contributed by atoms with van der Waals surface area (Å²) in [5.74, 6) is -0.774. The monoisotopic (exact) mass is 767 g/mol. The molecule has 0 spiro atoms. The van der Waals surface area contributed by atoms with Gasteiger partial charge >= 0.3 is 6.09 Å². The van der Waals surface area contributed by atoms with Crippen LogP contribution in [0.4, 0.5) is 4.79 Å². The molecule has 0 aliphatic carbocycles. The van der Waals surface area contributed by atoms with E-state index in [1.165, 1.54) is 10.5 Å². The lowest BCUT2D eigenvalue weighted by Crippen LogP contribution is -2.44. The third-order valence-electron chi connectivity index (χ3n) is 11.1. The average molecular weight is 768 g/mol. The number of carbonyl (C=O) groups is 3. The maximum atomic E-state index is 13.2. The summed E-state index contributed by atoms with van der Waals surface area (Å²) in [6, 6.07) is 42.6. The van der Waals surface area contributed by atoms with Crippen LogP contribution in [0.1, 0.15) is 72.1 Å². The summed E-state index contributed by atoms with van der Waals surface area (Å²) in [6.45, 7) is 5.20. The van der Waals surface area contributed by atoms with Gasteiger partial charge in [-0.2, -0.15) is 0 Å². The van der Waals surface area contributed by atoms with Crippen LogP contribution >= 0.6 is 0 Å². The van der Waals surface area contributed by atoms with E-state index in [0.717, 1.165) is 38.9 Å². The Morgan fingerprint density at radius 2 is 1.49 bits per heavy atom. The second kappa shape index (κ2) is 18.1. The predicted octanol–water partition coefficient (Wildman–Crippen LogP) is 7.88. The molecule has 3 amide bonds. The molecule has 2 saturated heterocycles. The molecule has 10 nitrogen and oxygen atoms in total. The van der Waals surface area contributed by atoms with Crippen LogP contribution in [0.15, 0.2) is 133 Å². The minimum absolute atomic E-state index is 0.0203. The van der Waals surface area contributed by atoms with Crippen molar-refractivity contribution in [2.75, 3.05) is 13.6 Å². The van der Waals surface area contributed by atoms with Crippen molar-refractivity contribution in [1.82, 2.24) is 15.1 Å². The topological polar surface area (TPSA) is 118 Å². The number of alkyl carbamates (subject to hydrolysis) is 1. The third-order valence-corrected chi connectivity index (χ3v) is 11.1. The number of hydrogen-bond acceptors (Lipinski definition) is 8. The van der Waals surface area contributed by atoms with E-state index in [1.807, 2.05) is 109 Å². The van der Waals surface area contributed by atoms with Gasteiger partial charge < -0.3 is 24.6 Å². The molecular weight excluding hydrogens is 719 g/mol. The summed E-state index contributed by atoms with van der Waals surface area (Å²) >= 11 is 0. The number of hydrogen-bond donors (Lipinski definition) is 2. The van der Waals surface area contributed by atoms with Gasteiger partial charge in [-0.25, -0.2) is 4.79 Å². The Morgan fingerprint density at radius 3 is 2.19 bits per heavy atom. The van der Waals surface area contributed by atoms with Gasteiger partial charge in [-0.1, -0.05) is 134 Å². The quantitative estimate of drug-likeness (QED) is 0.116. The fraction of sp³-hybridized carbons (Fsp3) is 0.298. The number of likely N-dealkylation sites (tertiary alicyclic amines) is 1. The summed E-state index contributed by atoms with van der Waals surface area (Å²) < 4.78 is 18.7. The van der Waals surface area contributed by atoms with E-state index in [0.29, 0.717) is 6.54 Å². The lowest BCUT2D eigenvalue weighted by molar-refractivity contribution is -0.276. The first-order valence-corrected chi connectivity index (χ1v) is 19.4. The molecule has 57 heavy (non-hydrogen) atoms. The predicted molar refractivity (Wildman–Crippen MR) is 216 cm³/mol. The first-order chi connectivity index (χ1) is 27.7. The molecule has 2 fully saturated rings. The Balaban J connectivity index is 1.03. The van der Waals surface area contributed by atoms with Crippen LogP contribution in [-0.2, 0) is 43.6 Å². The van der Waals surface area contributed by atoms with Gasteiger partial charge in [0.25, 0.3) is 5.91 Å². The lowest BCUT2D eigenvalue weighted by atomic mass is 9.89. The van der Waals surface area contributed by atoms with Crippen LogP contribution < -0.4 is 5.32 Å². The van der Waals surface area contributed by atoms with Gasteiger partial charge in [-0.15, -0.1) is 0 Å². The van der Waals surface area contributed by atoms with Crippen molar-refractivity contribution >= 4 is 17.9 Å².